The van der Waals surface area contributed by atoms with E-state index in [2.05, 4.69) is 38.4 Å². The number of methoxy groups -OCH3 is 1. The SMILES string of the molecule is COc1ccc(-c2cc3ncnc(NC[C@H]([C@H]4CCOC4)N4CCOCC4)c3s2)cc1. The number of nitrogens with zero attached hydrogens (tertiary/aromatic N) is 3. The van der Waals surface area contributed by atoms with Gasteiger partial charge >= 0.3 is 0 Å². The van der Waals surface area contributed by atoms with E-state index in [1.165, 1.54) is 4.88 Å². The lowest BCUT2D eigenvalue weighted by atomic mass is 9.97. The summed E-state index contributed by atoms with van der Waals surface area (Å²) in [5, 5.41) is 3.65. The number of morpholine rings is 1. The van der Waals surface area contributed by atoms with Gasteiger partial charge in [-0.1, -0.05) is 0 Å². The van der Waals surface area contributed by atoms with Crippen molar-refractivity contribution in [2.75, 3.05) is 58.5 Å². The summed E-state index contributed by atoms with van der Waals surface area (Å²) in [6.07, 6.45) is 2.76. The van der Waals surface area contributed by atoms with Crippen LogP contribution in [0.3, 0.4) is 0 Å². The fraction of sp³-hybridized carbons (Fsp3) is 0.478. The minimum Gasteiger partial charge on any atom is -0.497 e. The highest BCUT2D eigenvalue weighted by Gasteiger charge is 2.31. The van der Waals surface area contributed by atoms with Gasteiger partial charge in [0.2, 0.25) is 0 Å². The second-order valence-corrected chi connectivity index (χ2v) is 9.05. The van der Waals surface area contributed by atoms with E-state index in [1.54, 1.807) is 24.8 Å². The van der Waals surface area contributed by atoms with Crippen LogP contribution in [-0.4, -0.2) is 74.1 Å². The Morgan fingerprint density at radius 2 is 2.00 bits per heavy atom. The zero-order valence-corrected chi connectivity index (χ0v) is 18.6. The average Bonchev–Trinajstić information content (AvgIpc) is 3.51. The predicted molar refractivity (Wildman–Crippen MR) is 123 cm³/mol. The summed E-state index contributed by atoms with van der Waals surface area (Å²) in [7, 11) is 1.68. The molecule has 0 radical (unpaired) electrons. The Balaban J connectivity index is 1.36. The Kier molecular flexibility index (Phi) is 6.31. The maximum Gasteiger partial charge on any atom is 0.147 e. The summed E-state index contributed by atoms with van der Waals surface area (Å²) in [5.74, 6) is 2.31. The van der Waals surface area contributed by atoms with E-state index in [0.29, 0.717) is 12.0 Å². The topological polar surface area (TPSA) is 68.7 Å². The third-order valence-electron chi connectivity index (χ3n) is 6.19. The van der Waals surface area contributed by atoms with Crippen molar-refractivity contribution in [2.45, 2.75) is 12.5 Å². The van der Waals surface area contributed by atoms with Crippen molar-refractivity contribution in [3.63, 3.8) is 0 Å². The number of thiophene rings is 1. The van der Waals surface area contributed by atoms with Gasteiger partial charge in [0.05, 0.1) is 37.1 Å². The van der Waals surface area contributed by atoms with Crippen molar-refractivity contribution >= 4 is 27.4 Å². The fourth-order valence-corrected chi connectivity index (χ4v) is 5.52. The Labute approximate surface area is 186 Å². The van der Waals surface area contributed by atoms with E-state index in [-0.39, 0.29) is 0 Å². The van der Waals surface area contributed by atoms with Crippen molar-refractivity contribution in [3.8, 4) is 16.2 Å². The maximum absolute atomic E-state index is 5.70. The zero-order chi connectivity index (χ0) is 21.0. The van der Waals surface area contributed by atoms with Crippen molar-refractivity contribution in [3.05, 3.63) is 36.7 Å². The minimum absolute atomic E-state index is 0.414. The van der Waals surface area contributed by atoms with Gasteiger partial charge in [-0.2, -0.15) is 0 Å². The van der Waals surface area contributed by atoms with Crippen molar-refractivity contribution in [2.24, 2.45) is 5.92 Å². The molecule has 1 N–H and O–H groups in total. The molecular formula is C23H28N4O3S. The molecule has 7 nitrogen and oxygen atoms in total. The van der Waals surface area contributed by atoms with Gasteiger partial charge < -0.3 is 19.5 Å². The molecule has 164 valence electrons. The van der Waals surface area contributed by atoms with Crippen LogP contribution in [-0.2, 0) is 9.47 Å². The molecule has 0 unspecified atom stereocenters. The largest absolute Gasteiger partial charge is 0.497 e. The first kappa shape index (κ1) is 20.6. The highest BCUT2D eigenvalue weighted by atomic mass is 32.1. The third kappa shape index (κ3) is 4.52. The summed E-state index contributed by atoms with van der Waals surface area (Å²) in [6, 6.07) is 10.7. The minimum atomic E-state index is 0.414. The highest BCUT2D eigenvalue weighted by Crippen LogP contribution is 2.36. The third-order valence-corrected chi connectivity index (χ3v) is 7.37. The second-order valence-electron chi connectivity index (χ2n) is 8.00. The van der Waals surface area contributed by atoms with Crippen LogP contribution in [0, 0.1) is 5.92 Å². The van der Waals surface area contributed by atoms with Crippen LogP contribution in [0.25, 0.3) is 20.7 Å². The zero-order valence-electron chi connectivity index (χ0n) is 17.8. The Morgan fingerprint density at radius 3 is 2.74 bits per heavy atom. The Bertz CT molecular complexity index is 998. The van der Waals surface area contributed by atoms with Crippen molar-refractivity contribution in [1.82, 2.24) is 14.9 Å². The Hall–Kier alpha value is -2.26. The van der Waals surface area contributed by atoms with E-state index >= 15 is 0 Å². The molecule has 0 amide bonds. The summed E-state index contributed by atoms with van der Waals surface area (Å²) in [4.78, 5) is 12.8. The van der Waals surface area contributed by atoms with Crippen LogP contribution in [0.1, 0.15) is 6.42 Å². The van der Waals surface area contributed by atoms with E-state index in [1.807, 2.05) is 12.1 Å². The predicted octanol–water partition coefficient (Wildman–Crippen LogP) is 3.52. The first-order chi connectivity index (χ1) is 15.3. The van der Waals surface area contributed by atoms with Crippen LogP contribution >= 0.6 is 11.3 Å². The molecule has 0 saturated carbocycles. The quantitative estimate of drug-likeness (QED) is 0.603. The molecule has 2 fully saturated rings. The summed E-state index contributed by atoms with van der Waals surface area (Å²) < 4.78 is 17.6. The van der Waals surface area contributed by atoms with Gasteiger partial charge in [-0.3, -0.25) is 4.90 Å². The second kappa shape index (κ2) is 9.48. The van der Waals surface area contributed by atoms with Crippen LogP contribution in [0.2, 0.25) is 0 Å². The number of aromatic nitrogens is 2. The standard InChI is InChI=1S/C23H28N4O3S/c1-28-18-4-2-16(3-5-18)21-12-19-22(31-21)23(26-15-25-19)24-13-20(17-6-9-30-14-17)27-7-10-29-11-8-27/h2-5,12,15,17,20H,6-11,13-14H2,1H3,(H,24,25,26)/t17-,20+/m0/s1. The molecule has 3 aromatic rings. The maximum atomic E-state index is 5.70. The normalized spacial score (nSPS) is 20.7. The van der Waals surface area contributed by atoms with Crippen LogP contribution in [0.5, 0.6) is 5.75 Å². The van der Waals surface area contributed by atoms with Gasteiger partial charge in [0.1, 0.15) is 17.9 Å². The average molecular weight is 441 g/mol. The molecule has 2 aromatic heterocycles. The number of nitrogens with one attached hydrogen (secondary N) is 1. The molecule has 2 saturated heterocycles. The molecular weight excluding hydrogens is 412 g/mol. The molecule has 0 bridgehead atoms. The van der Waals surface area contributed by atoms with Gasteiger partial charge in [0.25, 0.3) is 0 Å². The number of hydrogen-bond acceptors (Lipinski definition) is 8. The molecule has 0 aliphatic carbocycles. The van der Waals surface area contributed by atoms with Crippen molar-refractivity contribution < 1.29 is 14.2 Å². The van der Waals surface area contributed by atoms with Gasteiger partial charge in [-0.25, -0.2) is 9.97 Å². The van der Waals surface area contributed by atoms with E-state index in [0.717, 1.165) is 79.8 Å². The number of benzene rings is 1. The smallest absolute Gasteiger partial charge is 0.147 e. The molecule has 1 aromatic carbocycles. The Morgan fingerprint density at radius 1 is 1.16 bits per heavy atom. The van der Waals surface area contributed by atoms with E-state index < -0.39 is 0 Å². The summed E-state index contributed by atoms with van der Waals surface area (Å²) >= 11 is 1.72. The lowest BCUT2D eigenvalue weighted by Crippen LogP contribution is -2.50. The van der Waals surface area contributed by atoms with Crippen LogP contribution < -0.4 is 10.1 Å². The fourth-order valence-electron chi connectivity index (χ4n) is 4.44. The van der Waals surface area contributed by atoms with E-state index in [9.17, 15) is 0 Å². The van der Waals surface area contributed by atoms with Gasteiger partial charge in [0, 0.05) is 43.1 Å². The van der Waals surface area contributed by atoms with Crippen LogP contribution in [0.15, 0.2) is 36.7 Å². The number of hydrogen-bond donors (Lipinski definition) is 1. The molecule has 0 spiro atoms. The summed E-state index contributed by atoms with van der Waals surface area (Å²) in [5.41, 5.74) is 2.13. The number of ether oxygens (including phenoxy) is 3. The molecule has 8 heteroatoms. The van der Waals surface area contributed by atoms with Gasteiger partial charge in [0.15, 0.2) is 0 Å². The molecule has 31 heavy (non-hydrogen) atoms. The summed E-state index contributed by atoms with van der Waals surface area (Å²) in [6.45, 7) is 6.10. The number of anilines is 1. The van der Waals surface area contributed by atoms with E-state index in [4.69, 9.17) is 14.2 Å². The van der Waals surface area contributed by atoms with Crippen molar-refractivity contribution in [1.29, 1.82) is 0 Å². The molecule has 4 heterocycles. The highest BCUT2D eigenvalue weighted by molar-refractivity contribution is 7.22. The van der Waals surface area contributed by atoms with Crippen LogP contribution in [0.4, 0.5) is 5.82 Å². The first-order valence-corrected chi connectivity index (χ1v) is 11.7. The van der Waals surface area contributed by atoms with Gasteiger partial charge in [-0.15, -0.1) is 11.3 Å². The molecule has 2 aliphatic heterocycles. The molecule has 2 atom stereocenters. The first-order valence-electron chi connectivity index (χ1n) is 10.8. The lowest BCUT2D eigenvalue weighted by Gasteiger charge is -2.37. The molecule has 2 aliphatic rings. The monoisotopic (exact) mass is 440 g/mol. The number of fused-ring (bicyclic) bond motifs is 1. The van der Waals surface area contributed by atoms with Gasteiger partial charge in [-0.05, 0) is 42.3 Å². The number of rotatable bonds is 7. The molecule has 5 rings (SSSR count). The lowest BCUT2D eigenvalue weighted by molar-refractivity contribution is 0.00460.